The summed E-state index contributed by atoms with van der Waals surface area (Å²) in [4.78, 5) is 23.5. The standard InChI is InChI=1S/C18H23N3O4/c1-25-16(23)9-5-6-10-19-18(24)15-13-20-21(11-12-22)17(15)14-7-3-2-4-8-14/h2-4,7-8,13,22H,5-6,9-12H2,1H3,(H,19,24). The molecule has 0 saturated heterocycles. The number of aliphatic hydroxyl groups is 1. The van der Waals surface area contributed by atoms with Crippen LogP contribution in [-0.2, 0) is 16.1 Å². The second-order valence-electron chi connectivity index (χ2n) is 5.51. The second kappa shape index (κ2) is 9.58. The van der Waals surface area contributed by atoms with E-state index in [1.165, 1.54) is 13.3 Å². The fourth-order valence-electron chi connectivity index (χ4n) is 2.51. The van der Waals surface area contributed by atoms with Crippen molar-refractivity contribution in [3.05, 3.63) is 42.1 Å². The Hall–Kier alpha value is -2.67. The van der Waals surface area contributed by atoms with Crippen LogP contribution < -0.4 is 5.32 Å². The third-order valence-corrected chi connectivity index (χ3v) is 3.76. The van der Waals surface area contributed by atoms with E-state index < -0.39 is 0 Å². The second-order valence-corrected chi connectivity index (χ2v) is 5.51. The predicted molar refractivity (Wildman–Crippen MR) is 92.9 cm³/mol. The summed E-state index contributed by atoms with van der Waals surface area (Å²) in [7, 11) is 1.36. The molecule has 7 heteroatoms. The van der Waals surface area contributed by atoms with E-state index in [4.69, 9.17) is 0 Å². The van der Waals surface area contributed by atoms with E-state index in [1.807, 2.05) is 30.3 Å². The van der Waals surface area contributed by atoms with Gasteiger partial charge in [-0.1, -0.05) is 30.3 Å². The summed E-state index contributed by atoms with van der Waals surface area (Å²) in [6.45, 7) is 0.724. The summed E-state index contributed by atoms with van der Waals surface area (Å²) in [5.74, 6) is -0.468. The van der Waals surface area contributed by atoms with Gasteiger partial charge in [-0.05, 0) is 12.8 Å². The number of hydrogen-bond donors (Lipinski definition) is 2. The summed E-state index contributed by atoms with van der Waals surface area (Å²) in [6.07, 6.45) is 3.20. The fourth-order valence-corrected chi connectivity index (χ4v) is 2.51. The largest absolute Gasteiger partial charge is 0.469 e. The molecule has 1 amide bonds. The van der Waals surface area contributed by atoms with Crippen LogP contribution in [0.3, 0.4) is 0 Å². The fraction of sp³-hybridized carbons (Fsp3) is 0.389. The number of esters is 1. The Balaban J connectivity index is 2.03. The lowest BCUT2D eigenvalue weighted by Crippen LogP contribution is -2.25. The van der Waals surface area contributed by atoms with E-state index in [1.54, 1.807) is 4.68 Å². The highest BCUT2D eigenvalue weighted by atomic mass is 16.5. The third-order valence-electron chi connectivity index (χ3n) is 3.76. The van der Waals surface area contributed by atoms with Gasteiger partial charge in [0.1, 0.15) is 0 Å². The highest BCUT2D eigenvalue weighted by Crippen LogP contribution is 2.23. The van der Waals surface area contributed by atoms with E-state index in [9.17, 15) is 14.7 Å². The van der Waals surface area contributed by atoms with Gasteiger partial charge in [-0.25, -0.2) is 0 Å². The van der Waals surface area contributed by atoms with Crippen molar-refractivity contribution in [2.45, 2.75) is 25.8 Å². The third kappa shape index (κ3) is 5.15. The van der Waals surface area contributed by atoms with Gasteiger partial charge < -0.3 is 15.2 Å². The van der Waals surface area contributed by atoms with Crippen LogP contribution in [0.2, 0.25) is 0 Å². The number of hydrogen-bond acceptors (Lipinski definition) is 5. The zero-order valence-electron chi connectivity index (χ0n) is 14.3. The van der Waals surface area contributed by atoms with Crippen molar-refractivity contribution in [1.82, 2.24) is 15.1 Å². The molecule has 0 aliphatic heterocycles. The van der Waals surface area contributed by atoms with E-state index in [-0.39, 0.29) is 18.5 Å². The molecule has 7 nitrogen and oxygen atoms in total. The molecule has 0 aliphatic rings. The molecule has 0 fully saturated rings. The molecule has 0 spiro atoms. The number of benzene rings is 1. The number of unbranched alkanes of at least 4 members (excludes halogenated alkanes) is 1. The van der Waals surface area contributed by atoms with Crippen molar-refractivity contribution in [3.8, 4) is 11.3 Å². The molecule has 2 N–H and O–H groups in total. The minimum atomic E-state index is -0.247. The van der Waals surface area contributed by atoms with E-state index in [2.05, 4.69) is 15.2 Å². The predicted octanol–water partition coefficient (Wildman–Crippen LogP) is 1.62. The molecule has 0 saturated carbocycles. The van der Waals surface area contributed by atoms with E-state index >= 15 is 0 Å². The quantitative estimate of drug-likeness (QED) is 0.532. The maximum absolute atomic E-state index is 12.5. The molecule has 0 unspecified atom stereocenters. The molecule has 0 bridgehead atoms. The lowest BCUT2D eigenvalue weighted by Gasteiger charge is -2.09. The van der Waals surface area contributed by atoms with Crippen molar-refractivity contribution in [1.29, 1.82) is 0 Å². The minimum Gasteiger partial charge on any atom is -0.469 e. The molecule has 0 atom stereocenters. The number of nitrogens with one attached hydrogen (secondary N) is 1. The van der Waals surface area contributed by atoms with Crippen LogP contribution in [0.15, 0.2) is 36.5 Å². The van der Waals surface area contributed by atoms with Crippen LogP contribution in [0.4, 0.5) is 0 Å². The van der Waals surface area contributed by atoms with Crippen molar-refractivity contribution < 1.29 is 19.4 Å². The lowest BCUT2D eigenvalue weighted by molar-refractivity contribution is -0.140. The molecule has 0 aliphatic carbocycles. The highest BCUT2D eigenvalue weighted by molar-refractivity contribution is 5.99. The van der Waals surface area contributed by atoms with Gasteiger partial charge in [-0.2, -0.15) is 5.10 Å². The van der Waals surface area contributed by atoms with Gasteiger partial charge in [0.05, 0.1) is 37.7 Å². The van der Waals surface area contributed by atoms with Gasteiger partial charge in [0.25, 0.3) is 5.91 Å². The molecule has 1 aromatic heterocycles. The van der Waals surface area contributed by atoms with Crippen LogP contribution >= 0.6 is 0 Å². The normalized spacial score (nSPS) is 10.5. The number of rotatable bonds is 9. The summed E-state index contributed by atoms with van der Waals surface area (Å²) in [6, 6.07) is 9.48. The average Bonchev–Trinajstić information content (AvgIpc) is 3.06. The highest BCUT2D eigenvalue weighted by Gasteiger charge is 2.18. The van der Waals surface area contributed by atoms with Gasteiger partial charge in [-0.3, -0.25) is 14.3 Å². The first-order chi connectivity index (χ1) is 12.2. The number of ether oxygens (including phenoxy) is 1. The Morgan fingerprint density at radius 2 is 2.00 bits per heavy atom. The van der Waals surface area contributed by atoms with Crippen molar-refractivity contribution in [3.63, 3.8) is 0 Å². The molecular weight excluding hydrogens is 322 g/mol. The first-order valence-electron chi connectivity index (χ1n) is 8.24. The number of carbonyl (C=O) groups is 2. The number of aliphatic hydroxyl groups excluding tert-OH is 1. The van der Waals surface area contributed by atoms with Crippen LogP contribution in [0.25, 0.3) is 11.3 Å². The molecule has 1 aromatic carbocycles. The van der Waals surface area contributed by atoms with Crippen LogP contribution in [0.5, 0.6) is 0 Å². The van der Waals surface area contributed by atoms with Gasteiger partial charge in [0, 0.05) is 18.5 Å². The molecule has 25 heavy (non-hydrogen) atoms. The van der Waals surface area contributed by atoms with E-state index in [0.717, 1.165) is 5.56 Å². The minimum absolute atomic E-state index is 0.0594. The SMILES string of the molecule is COC(=O)CCCCNC(=O)c1cnn(CCO)c1-c1ccccc1. The molecule has 0 radical (unpaired) electrons. The van der Waals surface area contributed by atoms with Gasteiger partial charge in [0.2, 0.25) is 0 Å². The zero-order chi connectivity index (χ0) is 18.1. The first kappa shape index (κ1) is 18.7. The summed E-state index contributed by atoms with van der Waals surface area (Å²) < 4.78 is 6.21. The lowest BCUT2D eigenvalue weighted by atomic mass is 10.1. The number of amides is 1. The number of carbonyl (C=O) groups excluding carboxylic acids is 2. The Labute approximate surface area is 146 Å². The van der Waals surface area contributed by atoms with Crippen molar-refractivity contribution >= 4 is 11.9 Å². The maximum Gasteiger partial charge on any atom is 0.305 e. The van der Waals surface area contributed by atoms with Crippen molar-refractivity contribution in [2.24, 2.45) is 0 Å². The number of nitrogens with zero attached hydrogens (tertiary/aromatic N) is 2. The van der Waals surface area contributed by atoms with Gasteiger partial charge in [-0.15, -0.1) is 0 Å². The van der Waals surface area contributed by atoms with Crippen molar-refractivity contribution in [2.75, 3.05) is 20.3 Å². The summed E-state index contributed by atoms with van der Waals surface area (Å²) in [5, 5.41) is 16.3. The Morgan fingerprint density at radius 1 is 1.24 bits per heavy atom. The summed E-state index contributed by atoms with van der Waals surface area (Å²) >= 11 is 0. The number of aromatic nitrogens is 2. The molecular formula is C18H23N3O4. The summed E-state index contributed by atoms with van der Waals surface area (Å²) in [5.41, 5.74) is 2.01. The first-order valence-corrected chi connectivity index (χ1v) is 8.24. The van der Waals surface area contributed by atoms with Gasteiger partial charge in [0.15, 0.2) is 0 Å². The Bertz CT molecular complexity index is 698. The van der Waals surface area contributed by atoms with Gasteiger partial charge >= 0.3 is 5.97 Å². The molecule has 2 aromatic rings. The average molecular weight is 345 g/mol. The monoisotopic (exact) mass is 345 g/mol. The van der Waals surface area contributed by atoms with Crippen LogP contribution in [0.1, 0.15) is 29.6 Å². The molecule has 2 rings (SSSR count). The maximum atomic E-state index is 12.5. The Morgan fingerprint density at radius 3 is 2.68 bits per heavy atom. The topological polar surface area (TPSA) is 93.5 Å². The van der Waals surface area contributed by atoms with Crippen LogP contribution in [-0.4, -0.2) is 47.0 Å². The van der Waals surface area contributed by atoms with E-state index in [0.29, 0.717) is 43.6 Å². The molecule has 134 valence electrons. The smallest absolute Gasteiger partial charge is 0.305 e. The van der Waals surface area contributed by atoms with Crippen LogP contribution in [0, 0.1) is 0 Å². The Kier molecular flexibility index (Phi) is 7.16. The number of methoxy groups -OCH3 is 1. The molecule has 1 heterocycles. The zero-order valence-corrected chi connectivity index (χ0v) is 14.3.